The molecular weight excluding hydrogens is 170 g/mol. The molecule has 0 radical (unpaired) electrons. The van der Waals surface area contributed by atoms with Crippen LogP contribution in [0.5, 0.6) is 0 Å². The standard InChI is InChI=1S/C9H15NOS/c1-7(5-11)10-8(2)9-3-4-12-6-9/h3-4,6-8,10-11H,5H2,1-2H3/t7-,8?/m1/s1. The van der Waals surface area contributed by atoms with Crippen molar-refractivity contribution in [2.24, 2.45) is 0 Å². The molecule has 0 aliphatic carbocycles. The largest absolute Gasteiger partial charge is 0.395 e. The molecular formula is C9H15NOS. The lowest BCUT2D eigenvalue weighted by Crippen LogP contribution is -2.31. The Morgan fingerprint density at radius 3 is 2.83 bits per heavy atom. The first-order chi connectivity index (χ1) is 5.74. The molecule has 3 heteroatoms. The van der Waals surface area contributed by atoms with Gasteiger partial charge in [-0.25, -0.2) is 0 Å². The van der Waals surface area contributed by atoms with Gasteiger partial charge < -0.3 is 10.4 Å². The highest BCUT2D eigenvalue weighted by molar-refractivity contribution is 7.07. The first-order valence-electron chi connectivity index (χ1n) is 4.13. The zero-order chi connectivity index (χ0) is 8.97. The molecule has 0 aromatic carbocycles. The van der Waals surface area contributed by atoms with Crippen LogP contribution in [0, 0.1) is 0 Å². The van der Waals surface area contributed by atoms with Crippen LogP contribution < -0.4 is 5.32 Å². The Labute approximate surface area is 77.2 Å². The SMILES string of the molecule is CC(N[C@H](C)CO)c1ccsc1. The van der Waals surface area contributed by atoms with Crippen LogP contribution in [-0.2, 0) is 0 Å². The lowest BCUT2D eigenvalue weighted by molar-refractivity contribution is 0.243. The van der Waals surface area contributed by atoms with Crippen molar-refractivity contribution in [2.45, 2.75) is 25.9 Å². The van der Waals surface area contributed by atoms with E-state index < -0.39 is 0 Å². The summed E-state index contributed by atoms with van der Waals surface area (Å²) in [6, 6.07) is 2.60. The first kappa shape index (κ1) is 9.71. The van der Waals surface area contributed by atoms with E-state index in [2.05, 4.69) is 29.1 Å². The number of aliphatic hydroxyl groups is 1. The Morgan fingerprint density at radius 2 is 2.33 bits per heavy atom. The zero-order valence-electron chi connectivity index (χ0n) is 7.45. The minimum absolute atomic E-state index is 0.167. The molecule has 68 valence electrons. The van der Waals surface area contributed by atoms with Gasteiger partial charge in [-0.15, -0.1) is 0 Å². The summed E-state index contributed by atoms with van der Waals surface area (Å²) in [7, 11) is 0. The molecule has 0 aliphatic heterocycles. The molecule has 1 aromatic rings. The summed E-state index contributed by atoms with van der Waals surface area (Å²) in [5, 5.41) is 16.3. The van der Waals surface area contributed by atoms with Crippen LogP contribution in [0.15, 0.2) is 16.8 Å². The Hall–Kier alpha value is -0.380. The van der Waals surface area contributed by atoms with E-state index in [0.717, 1.165) is 0 Å². The number of hydrogen-bond donors (Lipinski definition) is 2. The van der Waals surface area contributed by atoms with Crippen LogP contribution in [0.1, 0.15) is 25.5 Å². The number of nitrogens with one attached hydrogen (secondary N) is 1. The van der Waals surface area contributed by atoms with Gasteiger partial charge in [0, 0.05) is 12.1 Å². The van der Waals surface area contributed by atoms with Gasteiger partial charge in [-0.1, -0.05) is 0 Å². The summed E-state index contributed by atoms with van der Waals surface area (Å²) in [5.74, 6) is 0. The second-order valence-corrected chi connectivity index (χ2v) is 3.81. The van der Waals surface area contributed by atoms with Crippen LogP contribution in [0.2, 0.25) is 0 Å². The van der Waals surface area contributed by atoms with Crippen LogP contribution >= 0.6 is 11.3 Å². The molecule has 2 atom stereocenters. The second-order valence-electron chi connectivity index (χ2n) is 3.03. The normalized spacial score (nSPS) is 15.9. The number of hydrogen-bond acceptors (Lipinski definition) is 3. The smallest absolute Gasteiger partial charge is 0.0582 e. The second kappa shape index (κ2) is 4.60. The molecule has 1 heterocycles. The van der Waals surface area contributed by atoms with E-state index in [1.54, 1.807) is 11.3 Å². The summed E-state index contributed by atoms with van der Waals surface area (Å²) in [6.45, 7) is 4.27. The van der Waals surface area contributed by atoms with Gasteiger partial charge in [0.05, 0.1) is 6.61 Å². The summed E-state index contributed by atoms with van der Waals surface area (Å²) in [4.78, 5) is 0. The molecule has 1 unspecified atom stereocenters. The van der Waals surface area contributed by atoms with E-state index in [9.17, 15) is 0 Å². The Bertz CT molecular complexity index is 210. The van der Waals surface area contributed by atoms with E-state index >= 15 is 0 Å². The molecule has 0 spiro atoms. The van der Waals surface area contributed by atoms with Crippen LogP contribution in [-0.4, -0.2) is 17.8 Å². The van der Waals surface area contributed by atoms with Gasteiger partial charge in [0.15, 0.2) is 0 Å². The van der Waals surface area contributed by atoms with Gasteiger partial charge >= 0.3 is 0 Å². The maximum atomic E-state index is 8.82. The molecule has 0 aliphatic rings. The highest BCUT2D eigenvalue weighted by Gasteiger charge is 2.07. The van der Waals surface area contributed by atoms with Gasteiger partial charge in [0.25, 0.3) is 0 Å². The average molecular weight is 185 g/mol. The van der Waals surface area contributed by atoms with E-state index in [1.807, 2.05) is 6.92 Å². The molecule has 0 saturated carbocycles. The number of thiophene rings is 1. The maximum absolute atomic E-state index is 8.82. The van der Waals surface area contributed by atoms with Crippen molar-refractivity contribution in [2.75, 3.05) is 6.61 Å². The van der Waals surface area contributed by atoms with E-state index in [1.165, 1.54) is 5.56 Å². The van der Waals surface area contributed by atoms with Crippen molar-refractivity contribution in [3.8, 4) is 0 Å². The monoisotopic (exact) mass is 185 g/mol. The minimum atomic E-state index is 0.167. The third-order valence-corrected chi connectivity index (χ3v) is 2.55. The third-order valence-electron chi connectivity index (χ3n) is 1.85. The van der Waals surface area contributed by atoms with Crippen molar-refractivity contribution in [3.05, 3.63) is 22.4 Å². The van der Waals surface area contributed by atoms with Crippen LogP contribution in [0.3, 0.4) is 0 Å². The van der Waals surface area contributed by atoms with Crippen molar-refractivity contribution in [1.82, 2.24) is 5.32 Å². The van der Waals surface area contributed by atoms with Crippen molar-refractivity contribution in [3.63, 3.8) is 0 Å². The maximum Gasteiger partial charge on any atom is 0.0582 e. The highest BCUT2D eigenvalue weighted by Crippen LogP contribution is 2.15. The quantitative estimate of drug-likeness (QED) is 0.749. The summed E-state index contributed by atoms with van der Waals surface area (Å²) < 4.78 is 0. The summed E-state index contributed by atoms with van der Waals surface area (Å²) in [5.41, 5.74) is 1.29. The number of rotatable bonds is 4. The fourth-order valence-electron chi connectivity index (χ4n) is 1.10. The van der Waals surface area contributed by atoms with Gasteiger partial charge in [-0.3, -0.25) is 0 Å². The lowest BCUT2D eigenvalue weighted by atomic mass is 10.1. The molecule has 12 heavy (non-hydrogen) atoms. The molecule has 0 fully saturated rings. The topological polar surface area (TPSA) is 32.3 Å². The molecule has 2 N–H and O–H groups in total. The predicted octanol–water partition coefficient (Wildman–Crippen LogP) is 1.78. The Morgan fingerprint density at radius 1 is 1.58 bits per heavy atom. The summed E-state index contributed by atoms with van der Waals surface area (Å²) in [6.07, 6.45) is 0. The van der Waals surface area contributed by atoms with Crippen molar-refractivity contribution in [1.29, 1.82) is 0 Å². The fourth-order valence-corrected chi connectivity index (χ4v) is 1.85. The molecule has 1 rings (SSSR count). The molecule has 1 aromatic heterocycles. The summed E-state index contributed by atoms with van der Waals surface area (Å²) >= 11 is 1.70. The molecule has 2 nitrogen and oxygen atoms in total. The zero-order valence-corrected chi connectivity index (χ0v) is 8.27. The van der Waals surface area contributed by atoms with Crippen molar-refractivity contribution >= 4 is 11.3 Å². The van der Waals surface area contributed by atoms with Gasteiger partial charge in [0.1, 0.15) is 0 Å². The number of aliphatic hydroxyl groups excluding tert-OH is 1. The van der Waals surface area contributed by atoms with Crippen LogP contribution in [0.4, 0.5) is 0 Å². The minimum Gasteiger partial charge on any atom is -0.395 e. The molecule has 0 amide bonds. The van der Waals surface area contributed by atoms with E-state index in [4.69, 9.17) is 5.11 Å². The van der Waals surface area contributed by atoms with Gasteiger partial charge in [-0.2, -0.15) is 11.3 Å². The molecule has 0 bridgehead atoms. The Kier molecular flexibility index (Phi) is 3.72. The van der Waals surface area contributed by atoms with Crippen molar-refractivity contribution < 1.29 is 5.11 Å². The lowest BCUT2D eigenvalue weighted by Gasteiger charge is -2.16. The predicted molar refractivity (Wildman–Crippen MR) is 52.4 cm³/mol. The highest BCUT2D eigenvalue weighted by atomic mass is 32.1. The fraction of sp³-hybridized carbons (Fsp3) is 0.556. The van der Waals surface area contributed by atoms with E-state index in [-0.39, 0.29) is 12.6 Å². The van der Waals surface area contributed by atoms with Gasteiger partial charge in [-0.05, 0) is 36.2 Å². The Balaban J connectivity index is 2.44. The molecule has 0 saturated heterocycles. The van der Waals surface area contributed by atoms with Gasteiger partial charge in [0.2, 0.25) is 0 Å². The first-order valence-corrected chi connectivity index (χ1v) is 5.07. The van der Waals surface area contributed by atoms with Crippen LogP contribution in [0.25, 0.3) is 0 Å². The third kappa shape index (κ3) is 2.59. The average Bonchev–Trinajstić information content (AvgIpc) is 2.56. The van der Waals surface area contributed by atoms with E-state index in [0.29, 0.717) is 6.04 Å².